The second kappa shape index (κ2) is 7.53. The summed E-state index contributed by atoms with van der Waals surface area (Å²) in [6, 6.07) is 9.16. The number of nitrogens with zero attached hydrogens (tertiary/aromatic N) is 4. The molecule has 8 heteroatoms. The van der Waals surface area contributed by atoms with Crippen LogP contribution in [0.1, 0.15) is 29.0 Å². The Kier molecular flexibility index (Phi) is 4.78. The minimum Gasteiger partial charge on any atom is -0.454 e. The van der Waals surface area contributed by atoms with Gasteiger partial charge in [0.05, 0.1) is 0 Å². The molecule has 0 radical (unpaired) electrons. The Hall–Kier alpha value is -3.29. The number of ether oxygens (including phenoxy) is 1. The smallest absolute Gasteiger partial charge is 0.359 e. The monoisotopic (exact) mass is 368 g/mol. The molecule has 7 nitrogen and oxygen atoms in total. The van der Waals surface area contributed by atoms with Crippen LogP contribution in [0, 0.1) is 5.82 Å². The Balaban J connectivity index is 1.35. The van der Waals surface area contributed by atoms with Crippen molar-refractivity contribution in [1.82, 2.24) is 15.2 Å². The summed E-state index contributed by atoms with van der Waals surface area (Å²) < 4.78 is 23.5. The first-order chi connectivity index (χ1) is 13.2. The van der Waals surface area contributed by atoms with E-state index >= 15 is 0 Å². The van der Waals surface area contributed by atoms with Gasteiger partial charge in [0, 0.05) is 18.7 Å². The molecule has 0 spiro atoms. The zero-order chi connectivity index (χ0) is 18.6. The molecule has 4 rings (SSSR count). The standard InChI is InChI=1S/C19H17FN4O3/c20-14-5-3-13(4-6-14)18-21-15(11-26-18)12-27-19(25)16-7-8-17(23-22-16)24-9-1-2-10-24/h3-8,11H,1-2,9-10,12H2. The summed E-state index contributed by atoms with van der Waals surface area (Å²) in [6.07, 6.45) is 3.68. The maximum Gasteiger partial charge on any atom is 0.359 e. The minimum atomic E-state index is -0.582. The van der Waals surface area contributed by atoms with E-state index in [0.717, 1.165) is 31.7 Å². The van der Waals surface area contributed by atoms with Crippen molar-refractivity contribution >= 4 is 11.8 Å². The first-order valence-electron chi connectivity index (χ1n) is 8.65. The highest BCUT2D eigenvalue weighted by Crippen LogP contribution is 2.20. The molecular weight excluding hydrogens is 351 g/mol. The number of rotatable bonds is 5. The van der Waals surface area contributed by atoms with Crippen molar-refractivity contribution in [3.8, 4) is 11.5 Å². The van der Waals surface area contributed by atoms with Crippen molar-refractivity contribution in [1.29, 1.82) is 0 Å². The summed E-state index contributed by atoms with van der Waals surface area (Å²) in [5.41, 5.74) is 1.22. The van der Waals surface area contributed by atoms with E-state index in [2.05, 4.69) is 20.1 Å². The number of anilines is 1. The maximum atomic E-state index is 13.0. The second-order valence-corrected chi connectivity index (χ2v) is 6.20. The van der Waals surface area contributed by atoms with E-state index in [1.165, 1.54) is 18.4 Å². The van der Waals surface area contributed by atoms with Crippen molar-refractivity contribution in [2.75, 3.05) is 18.0 Å². The van der Waals surface area contributed by atoms with Crippen molar-refractivity contribution in [2.24, 2.45) is 0 Å². The first-order valence-corrected chi connectivity index (χ1v) is 8.65. The van der Waals surface area contributed by atoms with Crippen molar-refractivity contribution in [2.45, 2.75) is 19.4 Å². The number of hydrogen-bond acceptors (Lipinski definition) is 7. The number of carbonyl (C=O) groups is 1. The van der Waals surface area contributed by atoms with Crippen molar-refractivity contribution in [3.63, 3.8) is 0 Å². The number of oxazole rings is 1. The fourth-order valence-corrected chi connectivity index (χ4v) is 2.86. The molecule has 1 saturated heterocycles. The van der Waals surface area contributed by atoms with E-state index in [4.69, 9.17) is 9.15 Å². The molecule has 0 saturated carbocycles. The molecule has 0 amide bonds. The number of halogens is 1. The summed E-state index contributed by atoms with van der Waals surface area (Å²) in [5, 5.41) is 8.05. The van der Waals surface area contributed by atoms with Gasteiger partial charge in [-0.05, 0) is 49.2 Å². The summed E-state index contributed by atoms with van der Waals surface area (Å²) in [6.45, 7) is 1.86. The molecule has 3 aromatic rings. The fourth-order valence-electron chi connectivity index (χ4n) is 2.86. The quantitative estimate of drug-likeness (QED) is 0.640. The van der Waals surface area contributed by atoms with Crippen molar-refractivity contribution in [3.05, 3.63) is 59.9 Å². The largest absolute Gasteiger partial charge is 0.454 e. The van der Waals surface area contributed by atoms with Crippen LogP contribution in [0.4, 0.5) is 10.2 Å². The third-order valence-corrected chi connectivity index (χ3v) is 4.28. The van der Waals surface area contributed by atoms with Crippen molar-refractivity contribution < 1.29 is 18.3 Å². The third-order valence-electron chi connectivity index (χ3n) is 4.28. The number of benzene rings is 1. The van der Waals surface area contributed by atoms with Crippen LogP contribution in [0.15, 0.2) is 47.1 Å². The summed E-state index contributed by atoms with van der Waals surface area (Å²) in [5.74, 6) is 0.179. The lowest BCUT2D eigenvalue weighted by atomic mass is 10.2. The van der Waals surface area contributed by atoms with Crippen LogP contribution < -0.4 is 4.90 Å². The average Bonchev–Trinajstić information content (AvgIpc) is 3.39. The molecule has 1 fully saturated rings. The summed E-state index contributed by atoms with van der Waals surface area (Å²) in [4.78, 5) is 18.5. The summed E-state index contributed by atoms with van der Waals surface area (Å²) in [7, 11) is 0. The predicted molar refractivity (Wildman–Crippen MR) is 94.5 cm³/mol. The highest BCUT2D eigenvalue weighted by molar-refractivity contribution is 5.87. The Morgan fingerprint density at radius 2 is 1.89 bits per heavy atom. The Bertz CT molecular complexity index is 919. The third kappa shape index (κ3) is 3.94. The fraction of sp³-hybridized carbons (Fsp3) is 0.263. The molecule has 1 aromatic carbocycles. The van der Waals surface area contributed by atoms with E-state index in [1.54, 1.807) is 24.3 Å². The van der Waals surface area contributed by atoms with Gasteiger partial charge in [-0.3, -0.25) is 0 Å². The van der Waals surface area contributed by atoms with Gasteiger partial charge in [0.1, 0.15) is 24.4 Å². The molecule has 3 heterocycles. The van der Waals surface area contributed by atoms with Crippen LogP contribution in [0.5, 0.6) is 0 Å². The number of aromatic nitrogens is 3. The number of esters is 1. The molecule has 138 valence electrons. The molecule has 0 N–H and O–H groups in total. The van der Waals surface area contributed by atoms with Gasteiger partial charge in [-0.25, -0.2) is 14.2 Å². The number of carbonyl (C=O) groups excluding carboxylic acids is 1. The highest BCUT2D eigenvalue weighted by atomic mass is 19.1. The Morgan fingerprint density at radius 1 is 1.11 bits per heavy atom. The molecule has 0 atom stereocenters. The molecule has 27 heavy (non-hydrogen) atoms. The molecule has 0 bridgehead atoms. The molecule has 2 aromatic heterocycles. The SMILES string of the molecule is O=C(OCc1coc(-c2ccc(F)cc2)n1)c1ccc(N2CCCC2)nn1. The lowest BCUT2D eigenvalue weighted by molar-refractivity contribution is 0.0459. The van der Waals surface area contributed by atoms with E-state index in [0.29, 0.717) is 17.1 Å². The summed E-state index contributed by atoms with van der Waals surface area (Å²) >= 11 is 0. The predicted octanol–water partition coefficient (Wildman–Crippen LogP) is 3.23. The Morgan fingerprint density at radius 3 is 2.59 bits per heavy atom. The van der Waals surface area contributed by atoms with Gasteiger partial charge in [-0.15, -0.1) is 10.2 Å². The molecular formula is C19H17FN4O3. The van der Waals surface area contributed by atoms with Gasteiger partial charge in [0.2, 0.25) is 5.89 Å². The van der Waals surface area contributed by atoms with E-state index in [9.17, 15) is 9.18 Å². The van der Waals surface area contributed by atoms with Crippen LogP contribution >= 0.6 is 0 Å². The maximum absolute atomic E-state index is 13.0. The van der Waals surface area contributed by atoms with Crippen LogP contribution in [0.25, 0.3) is 11.5 Å². The van der Waals surface area contributed by atoms with Gasteiger partial charge in [0.15, 0.2) is 11.5 Å². The van der Waals surface area contributed by atoms with Gasteiger partial charge in [0.25, 0.3) is 0 Å². The minimum absolute atomic E-state index is 0.0565. The lowest BCUT2D eigenvalue weighted by Gasteiger charge is -2.14. The van der Waals surface area contributed by atoms with Gasteiger partial charge in [-0.2, -0.15) is 0 Å². The van der Waals surface area contributed by atoms with E-state index < -0.39 is 5.97 Å². The first kappa shape index (κ1) is 17.1. The van der Waals surface area contributed by atoms with E-state index in [-0.39, 0.29) is 18.1 Å². The van der Waals surface area contributed by atoms with Gasteiger partial charge < -0.3 is 14.1 Å². The van der Waals surface area contributed by atoms with Crippen LogP contribution in [-0.2, 0) is 11.3 Å². The zero-order valence-corrected chi connectivity index (χ0v) is 14.5. The van der Waals surface area contributed by atoms with E-state index in [1.807, 2.05) is 0 Å². The molecule has 0 unspecified atom stereocenters. The topological polar surface area (TPSA) is 81.4 Å². The van der Waals surface area contributed by atoms with Crippen LogP contribution in [0.3, 0.4) is 0 Å². The molecule has 1 aliphatic rings. The number of hydrogen-bond donors (Lipinski definition) is 0. The van der Waals surface area contributed by atoms with Gasteiger partial charge >= 0.3 is 5.97 Å². The normalized spacial score (nSPS) is 13.7. The van der Waals surface area contributed by atoms with Crippen LogP contribution in [0.2, 0.25) is 0 Å². The zero-order valence-electron chi connectivity index (χ0n) is 14.5. The highest BCUT2D eigenvalue weighted by Gasteiger charge is 2.16. The lowest BCUT2D eigenvalue weighted by Crippen LogP contribution is -2.20. The van der Waals surface area contributed by atoms with Gasteiger partial charge in [-0.1, -0.05) is 0 Å². The second-order valence-electron chi connectivity index (χ2n) is 6.20. The van der Waals surface area contributed by atoms with Crippen LogP contribution in [-0.4, -0.2) is 34.2 Å². The Labute approximate surface area is 154 Å². The molecule has 0 aliphatic carbocycles. The molecule has 1 aliphatic heterocycles. The average molecular weight is 368 g/mol.